The minimum Gasteiger partial charge on any atom is -0.508 e. The summed E-state index contributed by atoms with van der Waals surface area (Å²) in [6.45, 7) is 8.06. The Balaban J connectivity index is 2.73. The van der Waals surface area contributed by atoms with Crippen LogP contribution in [0.3, 0.4) is 0 Å². The first kappa shape index (κ1) is 19.4. The number of hydrogen-bond donors (Lipinski definition) is 1. The highest BCUT2D eigenvalue weighted by molar-refractivity contribution is 5.77. The molecule has 1 aromatic carbocycles. The van der Waals surface area contributed by atoms with Crippen molar-refractivity contribution in [3.8, 4) is 5.75 Å². The van der Waals surface area contributed by atoms with Gasteiger partial charge < -0.3 is 24.1 Å². The molecule has 130 valence electrons. The van der Waals surface area contributed by atoms with Crippen LogP contribution in [0.25, 0.3) is 0 Å². The topological polar surface area (TPSA) is 74.2 Å². The lowest BCUT2D eigenvalue weighted by Gasteiger charge is -2.31. The summed E-state index contributed by atoms with van der Waals surface area (Å²) in [6, 6.07) is 6.52. The average Bonchev–Trinajstić information content (AvgIpc) is 2.52. The highest BCUT2D eigenvalue weighted by Crippen LogP contribution is 2.23. The van der Waals surface area contributed by atoms with E-state index < -0.39 is 17.9 Å². The molecule has 0 aromatic heterocycles. The summed E-state index contributed by atoms with van der Waals surface area (Å²) in [5.41, 5.74) is 0.671. The van der Waals surface area contributed by atoms with Crippen LogP contribution in [0.5, 0.6) is 5.75 Å². The van der Waals surface area contributed by atoms with E-state index in [9.17, 15) is 9.90 Å². The number of carbonyl (C=O) groups is 1. The first-order valence-electron chi connectivity index (χ1n) is 7.85. The Kier molecular flexibility index (Phi) is 8.02. The van der Waals surface area contributed by atoms with Gasteiger partial charge in [0.25, 0.3) is 0 Å². The summed E-state index contributed by atoms with van der Waals surface area (Å²) in [7, 11) is 0. The molecule has 23 heavy (non-hydrogen) atoms. The second-order valence-electron chi connectivity index (χ2n) is 4.91. The Morgan fingerprint density at radius 2 is 1.70 bits per heavy atom. The van der Waals surface area contributed by atoms with Crippen molar-refractivity contribution in [1.82, 2.24) is 0 Å². The van der Waals surface area contributed by atoms with Crippen LogP contribution >= 0.6 is 0 Å². The van der Waals surface area contributed by atoms with Crippen molar-refractivity contribution in [2.45, 2.75) is 39.6 Å². The number of esters is 1. The molecule has 1 atom stereocenters. The fourth-order valence-corrected chi connectivity index (χ4v) is 2.12. The van der Waals surface area contributed by atoms with Crippen molar-refractivity contribution < 1.29 is 28.8 Å². The van der Waals surface area contributed by atoms with Crippen LogP contribution < -0.4 is 0 Å². The fourth-order valence-electron chi connectivity index (χ4n) is 2.12. The molecule has 1 aromatic rings. The van der Waals surface area contributed by atoms with Crippen molar-refractivity contribution in [2.75, 3.05) is 26.4 Å². The van der Waals surface area contributed by atoms with Crippen molar-refractivity contribution in [2.24, 2.45) is 0 Å². The number of benzene rings is 1. The maximum absolute atomic E-state index is 12.2. The number of hydrogen-bond acceptors (Lipinski definition) is 6. The van der Waals surface area contributed by atoms with Crippen LogP contribution in [-0.4, -0.2) is 43.5 Å². The molecule has 0 radical (unpaired) electrons. The van der Waals surface area contributed by atoms with Crippen molar-refractivity contribution in [3.05, 3.63) is 29.8 Å². The Morgan fingerprint density at radius 1 is 1.13 bits per heavy atom. The number of ether oxygens (including phenoxy) is 4. The van der Waals surface area contributed by atoms with Gasteiger partial charge >= 0.3 is 11.9 Å². The molecule has 0 fully saturated rings. The lowest BCUT2D eigenvalue weighted by atomic mass is 10.0. The van der Waals surface area contributed by atoms with E-state index in [2.05, 4.69) is 0 Å². The van der Waals surface area contributed by atoms with Crippen LogP contribution in [0.4, 0.5) is 0 Å². The largest absolute Gasteiger partial charge is 0.508 e. The highest BCUT2D eigenvalue weighted by Gasteiger charge is 2.35. The summed E-state index contributed by atoms with van der Waals surface area (Å²) in [5.74, 6) is -2.25. The summed E-state index contributed by atoms with van der Waals surface area (Å²) < 4.78 is 21.8. The Morgan fingerprint density at radius 3 is 2.17 bits per heavy atom. The fraction of sp³-hybridized carbons (Fsp3) is 0.588. The van der Waals surface area contributed by atoms with E-state index in [-0.39, 0.29) is 12.4 Å². The molecule has 1 rings (SSSR count). The molecule has 0 aliphatic carbocycles. The zero-order chi connectivity index (χ0) is 17.3. The van der Waals surface area contributed by atoms with Gasteiger partial charge in [-0.2, -0.15) is 0 Å². The smallest absolute Gasteiger partial charge is 0.319 e. The van der Waals surface area contributed by atoms with Gasteiger partial charge in [0, 0.05) is 19.8 Å². The van der Waals surface area contributed by atoms with Crippen LogP contribution in [-0.2, 0) is 23.7 Å². The first-order chi connectivity index (χ1) is 11.0. The lowest BCUT2D eigenvalue weighted by molar-refractivity contribution is -0.388. The van der Waals surface area contributed by atoms with Gasteiger partial charge in [0.15, 0.2) is 6.61 Å². The quantitative estimate of drug-likeness (QED) is 0.526. The minimum atomic E-state index is -1.38. The van der Waals surface area contributed by atoms with Gasteiger partial charge in [0.05, 0.1) is 5.92 Å². The SMILES string of the molecule is CCOC(COC(=O)C(C)c1cccc(O)c1)(OCC)OCC. The van der Waals surface area contributed by atoms with E-state index >= 15 is 0 Å². The van der Waals surface area contributed by atoms with Crippen LogP contribution in [0.2, 0.25) is 0 Å². The average molecular weight is 326 g/mol. The van der Waals surface area contributed by atoms with Crippen molar-refractivity contribution in [1.29, 1.82) is 0 Å². The van der Waals surface area contributed by atoms with Crippen LogP contribution in [0.15, 0.2) is 24.3 Å². The monoisotopic (exact) mass is 326 g/mol. The number of aromatic hydroxyl groups is 1. The number of carbonyl (C=O) groups excluding carboxylic acids is 1. The molecule has 0 saturated heterocycles. The Labute approximate surface area is 137 Å². The minimum absolute atomic E-state index is 0.106. The standard InChI is InChI=1S/C17H26O6/c1-5-21-17(22-6-2,23-7-3)12-20-16(19)13(4)14-9-8-10-15(18)11-14/h8-11,13,18H,5-7,12H2,1-4H3. The Hall–Kier alpha value is -1.63. The molecule has 1 unspecified atom stereocenters. The van der Waals surface area contributed by atoms with Crippen LogP contribution in [0, 0.1) is 0 Å². The number of phenolic OH excluding ortho intramolecular Hbond substituents is 1. The summed E-state index contributed by atoms with van der Waals surface area (Å²) in [5, 5.41) is 9.50. The van der Waals surface area contributed by atoms with Crippen molar-refractivity contribution in [3.63, 3.8) is 0 Å². The van der Waals surface area contributed by atoms with Gasteiger partial charge in [0.2, 0.25) is 0 Å². The molecular formula is C17H26O6. The molecular weight excluding hydrogens is 300 g/mol. The van der Waals surface area contributed by atoms with Gasteiger partial charge in [-0.05, 0) is 45.4 Å². The molecule has 0 aliphatic rings. The van der Waals surface area contributed by atoms with Gasteiger partial charge in [-0.1, -0.05) is 12.1 Å². The summed E-state index contributed by atoms with van der Waals surface area (Å²) in [6.07, 6.45) is 0. The molecule has 6 nitrogen and oxygen atoms in total. The predicted molar refractivity (Wildman–Crippen MR) is 85.1 cm³/mol. The highest BCUT2D eigenvalue weighted by atomic mass is 16.9. The number of rotatable bonds is 10. The predicted octanol–water partition coefficient (Wildman–Crippen LogP) is 2.80. The maximum Gasteiger partial charge on any atom is 0.319 e. The third kappa shape index (κ3) is 5.82. The molecule has 0 spiro atoms. The normalized spacial score (nSPS) is 12.9. The van der Waals surface area contributed by atoms with Gasteiger partial charge in [-0.15, -0.1) is 0 Å². The zero-order valence-corrected chi connectivity index (χ0v) is 14.2. The van der Waals surface area contributed by atoms with E-state index in [1.54, 1.807) is 25.1 Å². The second-order valence-corrected chi connectivity index (χ2v) is 4.91. The molecule has 0 bridgehead atoms. The zero-order valence-electron chi connectivity index (χ0n) is 14.2. The Bertz CT molecular complexity index is 471. The molecule has 6 heteroatoms. The van der Waals surface area contributed by atoms with Gasteiger partial charge in [-0.25, -0.2) is 0 Å². The van der Waals surface area contributed by atoms with E-state index in [4.69, 9.17) is 18.9 Å². The third-order valence-corrected chi connectivity index (χ3v) is 3.21. The first-order valence-corrected chi connectivity index (χ1v) is 7.85. The molecule has 0 heterocycles. The molecule has 0 aliphatic heterocycles. The van der Waals surface area contributed by atoms with E-state index in [0.717, 1.165) is 0 Å². The molecule has 0 saturated carbocycles. The number of phenols is 1. The third-order valence-electron chi connectivity index (χ3n) is 3.21. The summed E-state index contributed by atoms with van der Waals surface area (Å²) in [4.78, 5) is 12.2. The van der Waals surface area contributed by atoms with Crippen LogP contribution in [0.1, 0.15) is 39.2 Å². The van der Waals surface area contributed by atoms with E-state index in [1.165, 1.54) is 6.07 Å². The van der Waals surface area contributed by atoms with Gasteiger partial charge in [-0.3, -0.25) is 4.79 Å². The second kappa shape index (κ2) is 9.50. The van der Waals surface area contributed by atoms with Gasteiger partial charge in [0.1, 0.15) is 5.75 Å². The van der Waals surface area contributed by atoms with Crippen molar-refractivity contribution >= 4 is 5.97 Å². The van der Waals surface area contributed by atoms with E-state index in [1.807, 2.05) is 20.8 Å². The molecule has 1 N–H and O–H groups in total. The molecule has 0 amide bonds. The lowest BCUT2D eigenvalue weighted by Crippen LogP contribution is -2.45. The maximum atomic E-state index is 12.2. The summed E-state index contributed by atoms with van der Waals surface area (Å²) >= 11 is 0. The van der Waals surface area contributed by atoms with E-state index in [0.29, 0.717) is 25.4 Å².